The third-order valence-corrected chi connectivity index (χ3v) is 23.9. The summed E-state index contributed by atoms with van der Waals surface area (Å²) in [5.74, 6) is -6.45. The summed E-state index contributed by atoms with van der Waals surface area (Å²) in [5.41, 5.74) is 15.6. The molecule has 0 radical (unpaired) electrons. The quantitative estimate of drug-likeness (QED) is 0.00791. The largest absolute Gasteiger partial charge is 0.480 e. The number of aldehydes is 2. The lowest BCUT2D eigenvalue weighted by Gasteiger charge is -2.36. The molecular weight excluding hydrogens is 1750 g/mol. The monoisotopic (exact) mass is 1850 g/mol. The number of fused-ring (bicyclic) bond motifs is 2. The number of carbonyl (C=O) groups excluding carboxylic acids is 11. The number of ether oxygens (including phenoxy) is 2. The molecule has 708 valence electrons. The van der Waals surface area contributed by atoms with E-state index in [0.717, 1.165) is 66.7 Å². The number of nitrogens with two attached hydrogens (primary N) is 1. The van der Waals surface area contributed by atoms with E-state index in [2.05, 4.69) is 93.6 Å². The molecule has 0 saturated carbocycles. The number of piperazine rings is 2. The number of rotatable bonds is 33. The van der Waals surface area contributed by atoms with Gasteiger partial charge in [-0.3, -0.25) is 88.2 Å². The predicted octanol–water partition coefficient (Wildman–Crippen LogP) is 8.64. The van der Waals surface area contributed by atoms with Crippen molar-refractivity contribution in [2.24, 2.45) is 5.73 Å². The zero-order chi connectivity index (χ0) is 95.0. The van der Waals surface area contributed by atoms with Crippen molar-refractivity contribution in [1.82, 2.24) is 56.8 Å². The Morgan fingerprint density at radius 1 is 0.459 bits per heavy atom. The van der Waals surface area contributed by atoms with Gasteiger partial charge in [0.2, 0.25) is 29.5 Å². The Morgan fingerprint density at radius 2 is 0.874 bits per heavy atom. The summed E-state index contributed by atoms with van der Waals surface area (Å²) in [7, 11) is 0. The molecule has 6 saturated heterocycles. The maximum atomic E-state index is 14.0. The van der Waals surface area contributed by atoms with Crippen molar-refractivity contribution >= 4 is 139 Å². The summed E-state index contributed by atoms with van der Waals surface area (Å²) in [6, 6.07) is 37.5. The highest BCUT2D eigenvalue weighted by molar-refractivity contribution is 6.13. The molecule has 6 aliphatic heterocycles. The average molecular weight is 1860 g/mol. The number of carbonyl (C=O) groups is 12. The van der Waals surface area contributed by atoms with Crippen LogP contribution in [0.2, 0.25) is 0 Å². The van der Waals surface area contributed by atoms with Crippen molar-refractivity contribution in [1.29, 1.82) is 0 Å². The van der Waals surface area contributed by atoms with Crippen LogP contribution in [-0.2, 0) is 51.1 Å². The number of aromatic amines is 2. The van der Waals surface area contributed by atoms with E-state index in [-0.39, 0.29) is 96.7 Å². The molecule has 0 spiro atoms. The number of carboxylic acids is 1. The fourth-order valence-corrected chi connectivity index (χ4v) is 16.7. The minimum Gasteiger partial charge on any atom is -0.480 e. The van der Waals surface area contributed by atoms with Crippen LogP contribution in [0.25, 0.3) is 21.8 Å². The number of hydrogen-bond donors (Lipinski definition) is 15. The van der Waals surface area contributed by atoms with E-state index in [1.807, 2.05) is 65.6 Å². The molecule has 2 unspecified atom stereocenters. The van der Waals surface area contributed by atoms with Gasteiger partial charge in [-0.2, -0.15) is 10.2 Å². The summed E-state index contributed by atoms with van der Waals surface area (Å²) in [6.45, 7) is 10.2. The third kappa shape index (κ3) is 26.7. The van der Waals surface area contributed by atoms with Gasteiger partial charge in [0.15, 0.2) is 24.2 Å². The lowest BCUT2D eigenvalue weighted by molar-refractivity contribution is -0.138. The van der Waals surface area contributed by atoms with E-state index in [9.17, 15) is 75.1 Å². The summed E-state index contributed by atoms with van der Waals surface area (Å²) >= 11 is 0. The molecule has 135 heavy (non-hydrogen) atoms. The van der Waals surface area contributed by atoms with E-state index in [1.165, 1.54) is 36.4 Å². The van der Waals surface area contributed by atoms with Crippen LogP contribution >= 0.6 is 0 Å². The molecule has 6 aliphatic rings. The molecule has 16 N–H and O–H groups in total. The summed E-state index contributed by atoms with van der Waals surface area (Å²) in [4.78, 5) is 155. The van der Waals surface area contributed by atoms with Crippen LogP contribution in [0.5, 0.6) is 0 Å². The van der Waals surface area contributed by atoms with Gasteiger partial charge in [0.05, 0.1) is 35.2 Å². The first-order valence-corrected chi connectivity index (χ1v) is 44.8. The van der Waals surface area contributed by atoms with Crippen LogP contribution < -0.4 is 74.0 Å². The standard InChI is InChI=1S/C48H52F2N10O7.C32H34F2N6O4.C16H20N4O4/c49-32-21-30(22-33(50)25-32)20-29-2-7-40-39(23-29)45(58-57-40)56-47(65)38-6-4-36(26-42(38)53-34-10-18-67-19-11-34)60-16-14-59(15-17-60)27-44(63)52-13-1-12-51-35-3-5-37(31(24-35)28-61)46(64)54-41-8-9-43(62)55-48(41)66;33-22-14-21(15-23(34)17-22)13-20-1-4-28-27(16-20)31(38-37-28)36-32(43)26-3-2-25(18-29(26)35-24-5-11-44-12-6-24)40-9-7-39(8-10-40)19-30(41)42;17-6-1-7-18-11-2-3-12(10(8-11)9-21)15(23)19-13-4-5-14(22)20-16(13)24/h2-7,21-26,28,34,41,51,53H,1,8-20,27H2,(H,52,63)(H,54,64)(H,55,62,66)(H2,56,57,58,65);1-4,14-18,24,35H,5-13,19H2,(H,41,42)(H2,36,37,38,43);2-3,8-9,13,18H,1,4-7,17H2,(H,19,23)(H,20,22,24). The summed E-state index contributed by atoms with van der Waals surface area (Å²) in [6.07, 6.45) is 7.08. The molecular formula is C96H106F4N20O15. The van der Waals surface area contributed by atoms with Gasteiger partial charge in [-0.05, 0) is 214 Å². The molecule has 8 heterocycles. The third-order valence-electron chi connectivity index (χ3n) is 23.9. The molecule has 35 nitrogen and oxygen atoms in total. The van der Waals surface area contributed by atoms with Crippen LogP contribution in [0.15, 0.2) is 146 Å². The number of nitrogens with zero attached hydrogens (tertiary/aromatic N) is 6. The zero-order valence-corrected chi connectivity index (χ0v) is 74.0. The number of hydrogen-bond acceptors (Lipinski definition) is 25. The average Bonchev–Trinajstić information content (AvgIpc) is 1.78. The summed E-state index contributed by atoms with van der Waals surface area (Å²) in [5, 5.41) is 56.9. The van der Waals surface area contributed by atoms with Gasteiger partial charge in [-0.25, -0.2) is 17.6 Å². The maximum absolute atomic E-state index is 14.0. The fraction of sp³-hybridized carbons (Fsp3) is 0.354. The van der Waals surface area contributed by atoms with Crippen molar-refractivity contribution in [3.63, 3.8) is 0 Å². The summed E-state index contributed by atoms with van der Waals surface area (Å²) < 4.78 is 66.3. The number of carboxylic acid groups (broad SMARTS) is 1. The highest BCUT2D eigenvalue weighted by atomic mass is 19.1. The second kappa shape index (κ2) is 46.2. The minimum absolute atomic E-state index is 0.0240. The molecule has 10 aromatic rings. The van der Waals surface area contributed by atoms with Crippen molar-refractivity contribution in [2.45, 2.75) is 101 Å². The zero-order valence-electron chi connectivity index (χ0n) is 74.0. The second-order valence-corrected chi connectivity index (χ2v) is 33.7. The van der Waals surface area contributed by atoms with Gasteiger partial charge < -0.3 is 78.0 Å². The normalized spacial score (nSPS) is 16.7. The van der Waals surface area contributed by atoms with E-state index in [1.54, 1.807) is 36.4 Å². The SMILES string of the molecule is NCCCNc1ccc(C(=O)NC2CCC(=O)NC2=O)c(C=O)c1.O=C(O)CN1CCN(c2ccc(C(=O)Nc3n[nH]c4ccc(Cc5cc(F)cc(F)c5)cc34)c(NC3CCOCC3)c2)CC1.O=Cc1cc(NCCCNC(=O)CN2CCN(c3ccc(C(=O)Nc4n[nH]c5ccc(Cc6cc(F)cc(F)c6)cc45)c(NC4CCOCC4)c3)CC2)ccc1C(=O)NC1CCC(=O)NC1=O. The van der Waals surface area contributed by atoms with E-state index in [0.29, 0.717) is 215 Å². The van der Waals surface area contributed by atoms with Gasteiger partial charge in [0, 0.05) is 203 Å². The lowest BCUT2D eigenvalue weighted by Crippen LogP contribution is -2.52. The van der Waals surface area contributed by atoms with Gasteiger partial charge in [-0.1, -0.05) is 12.1 Å². The lowest BCUT2D eigenvalue weighted by atomic mass is 10.0. The number of anilines is 8. The number of aliphatic carboxylic acids is 1. The molecule has 39 heteroatoms. The van der Waals surface area contributed by atoms with Gasteiger partial charge >= 0.3 is 5.97 Å². The first kappa shape index (κ1) is 96.5. The highest BCUT2D eigenvalue weighted by Gasteiger charge is 2.33. The van der Waals surface area contributed by atoms with Crippen molar-refractivity contribution < 1.29 is 89.7 Å². The molecule has 2 atom stereocenters. The Morgan fingerprint density at radius 3 is 1.28 bits per heavy atom. The Bertz CT molecular complexity index is 5990. The maximum Gasteiger partial charge on any atom is 0.317 e. The van der Waals surface area contributed by atoms with Crippen LogP contribution in [0.3, 0.4) is 0 Å². The first-order chi connectivity index (χ1) is 65.3. The molecule has 8 aromatic carbocycles. The van der Waals surface area contributed by atoms with E-state index in [4.69, 9.17) is 20.3 Å². The van der Waals surface area contributed by atoms with Crippen LogP contribution in [0.1, 0.15) is 149 Å². The second-order valence-electron chi connectivity index (χ2n) is 33.7. The number of nitrogens with one attached hydrogen (secondary N) is 13. The molecule has 6 fully saturated rings. The van der Waals surface area contributed by atoms with Gasteiger partial charge in [-0.15, -0.1) is 0 Å². The molecule has 16 rings (SSSR count). The Balaban J connectivity index is 0.000000183. The van der Waals surface area contributed by atoms with Crippen LogP contribution in [-0.4, -0.2) is 249 Å². The van der Waals surface area contributed by atoms with E-state index < -0.39 is 70.9 Å². The number of H-pyrrole nitrogens is 2. The topological polar surface area (TPSA) is 472 Å². The van der Waals surface area contributed by atoms with Crippen molar-refractivity contribution in [2.75, 3.05) is 160 Å². The highest BCUT2D eigenvalue weighted by Crippen LogP contribution is 2.34. The minimum atomic E-state index is -0.860. The smallest absolute Gasteiger partial charge is 0.317 e. The molecule has 9 amide bonds. The van der Waals surface area contributed by atoms with Gasteiger partial charge in [0.25, 0.3) is 23.6 Å². The molecule has 2 aromatic heterocycles. The number of benzene rings is 8. The van der Waals surface area contributed by atoms with Gasteiger partial charge in [0.1, 0.15) is 35.4 Å². The first-order valence-electron chi connectivity index (χ1n) is 44.8. The van der Waals surface area contributed by atoms with E-state index >= 15 is 0 Å². The fourth-order valence-electron chi connectivity index (χ4n) is 16.7. The number of imide groups is 2. The van der Waals surface area contributed by atoms with Crippen molar-refractivity contribution in [3.05, 3.63) is 224 Å². The molecule has 0 aliphatic carbocycles. The number of amides is 9. The van der Waals surface area contributed by atoms with Crippen molar-refractivity contribution in [3.8, 4) is 0 Å². The number of piperidine rings is 2. The van der Waals surface area contributed by atoms with Crippen LogP contribution in [0.4, 0.5) is 63.3 Å². The Hall–Kier alpha value is -14.5. The van der Waals surface area contributed by atoms with Crippen LogP contribution in [0, 0.1) is 23.3 Å². The predicted molar refractivity (Wildman–Crippen MR) is 498 cm³/mol. The number of aromatic nitrogens is 4. The Labute approximate surface area is 773 Å². The number of halogens is 4. The Kier molecular flexibility index (Phi) is 33.0. The molecule has 0 bridgehead atoms.